The van der Waals surface area contributed by atoms with E-state index >= 15 is 0 Å². The molecule has 1 aliphatic rings. The Morgan fingerprint density at radius 2 is 1.84 bits per heavy atom. The van der Waals surface area contributed by atoms with Crippen molar-refractivity contribution >= 4 is 29.1 Å². The zero-order valence-corrected chi connectivity index (χ0v) is 18.2. The van der Waals surface area contributed by atoms with Crippen molar-refractivity contribution in [1.82, 2.24) is 5.32 Å². The molecule has 2 aromatic carbocycles. The highest BCUT2D eigenvalue weighted by atomic mass is 16.5. The first-order chi connectivity index (χ1) is 14.9. The third-order valence-electron chi connectivity index (χ3n) is 4.98. The number of hydrogen-bond donors (Lipinski definition) is 2. The van der Waals surface area contributed by atoms with Crippen molar-refractivity contribution in [1.29, 1.82) is 0 Å². The van der Waals surface area contributed by atoms with Gasteiger partial charge in [0.2, 0.25) is 11.8 Å². The summed E-state index contributed by atoms with van der Waals surface area (Å²) in [5.41, 5.74) is 1.59. The molecule has 1 aliphatic heterocycles. The Morgan fingerprint density at radius 3 is 2.52 bits per heavy atom. The average Bonchev–Trinajstić information content (AvgIpc) is 3.14. The molecule has 0 aromatic heterocycles. The molecule has 7 heteroatoms. The van der Waals surface area contributed by atoms with Gasteiger partial charge in [0, 0.05) is 25.2 Å². The number of benzene rings is 2. The second-order valence-corrected chi connectivity index (χ2v) is 7.86. The number of ether oxygens (including phenoxy) is 1. The molecule has 164 valence electrons. The van der Waals surface area contributed by atoms with Gasteiger partial charge in [-0.25, -0.2) is 0 Å². The Morgan fingerprint density at radius 1 is 1.13 bits per heavy atom. The molecule has 3 rings (SSSR count). The van der Waals surface area contributed by atoms with Crippen molar-refractivity contribution in [3.8, 4) is 5.75 Å². The van der Waals surface area contributed by atoms with Gasteiger partial charge in [-0.2, -0.15) is 0 Å². The number of para-hydroxylation sites is 1. The summed E-state index contributed by atoms with van der Waals surface area (Å²) in [6, 6.07) is 14.2. The van der Waals surface area contributed by atoms with Crippen LogP contribution in [0.1, 0.15) is 44.0 Å². The number of hydrogen-bond acceptors (Lipinski definition) is 4. The average molecular weight is 424 g/mol. The lowest BCUT2D eigenvalue weighted by molar-refractivity contribution is -0.122. The highest BCUT2D eigenvalue weighted by Crippen LogP contribution is 2.28. The Hall–Kier alpha value is -3.35. The van der Waals surface area contributed by atoms with Crippen molar-refractivity contribution in [2.24, 2.45) is 5.92 Å². The van der Waals surface area contributed by atoms with Crippen LogP contribution in [0.2, 0.25) is 0 Å². The predicted octanol–water partition coefficient (Wildman–Crippen LogP) is 3.61. The van der Waals surface area contributed by atoms with Crippen molar-refractivity contribution in [3.63, 3.8) is 0 Å². The molecular weight excluding hydrogens is 394 g/mol. The van der Waals surface area contributed by atoms with Gasteiger partial charge in [-0.05, 0) is 56.7 Å². The summed E-state index contributed by atoms with van der Waals surface area (Å²) in [5.74, 6) is -0.368. The van der Waals surface area contributed by atoms with Crippen LogP contribution in [0, 0.1) is 5.92 Å². The Bertz CT molecular complexity index is 940. The first-order valence-corrected chi connectivity index (χ1v) is 10.6. The van der Waals surface area contributed by atoms with E-state index in [1.165, 1.54) is 0 Å². The number of nitrogens with one attached hydrogen (secondary N) is 2. The predicted molar refractivity (Wildman–Crippen MR) is 120 cm³/mol. The lowest BCUT2D eigenvalue weighted by Crippen LogP contribution is -2.29. The minimum Gasteiger partial charge on any atom is -0.491 e. The van der Waals surface area contributed by atoms with Crippen LogP contribution in [0.3, 0.4) is 0 Å². The molecule has 0 spiro atoms. The summed E-state index contributed by atoms with van der Waals surface area (Å²) in [6.07, 6.45) is 1.02. The van der Waals surface area contributed by atoms with E-state index in [4.69, 9.17) is 4.74 Å². The second-order valence-electron chi connectivity index (χ2n) is 7.86. The van der Waals surface area contributed by atoms with E-state index in [0.29, 0.717) is 24.3 Å². The van der Waals surface area contributed by atoms with Crippen LogP contribution in [0.5, 0.6) is 5.75 Å². The number of nitrogens with zero attached hydrogens (tertiary/aromatic N) is 1. The fourth-order valence-electron chi connectivity index (χ4n) is 3.47. The molecule has 2 aromatic rings. The molecular formula is C24H29N3O4. The molecule has 1 saturated heterocycles. The molecule has 0 saturated carbocycles. The highest BCUT2D eigenvalue weighted by Gasteiger charge is 2.35. The van der Waals surface area contributed by atoms with Crippen LogP contribution < -0.4 is 20.3 Å². The molecule has 1 fully saturated rings. The molecule has 0 aliphatic carbocycles. The van der Waals surface area contributed by atoms with E-state index in [9.17, 15) is 14.4 Å². The SMILES string of the molecule is CCCNC(=O)c1ccccc1NC(=O)[C@@H]1CC(=O)N(c2ccc(OC(C)C)cc2)C1. The monoisotopic (exact) mass is 423 g/mol. The van der Waals surface area contributed by atoms with Gasteiger partial charge in [-0.15, -0.1) is 0 Å². The maximum atomic E-state index is 12.9. The molecule has 1 atom stereocenters. The van der Waals surface area contributed by atoms with Crippen molar-refractivity contribution in [2.45, 2.75) is 39.7 Å². The number of carbonyl (C=O) groups is 3. The topological polar surface area (TPSA) is 87.7 Å². The summed E-state index contributed by atoms with van der Waals surface area (Å²) in [4.78, 5) is 39.4. The fourth-order valence-corrected chi connectivity index (χ4v) is 3.47. The smallest absolute Gasteiger partial charge is 0.253 e. The van der Waals surface area contributed by atoms with E-state index in [1.54, 1.807) is 29.2 Å². The number of rotatable bonds is 8. The Labute approximate surface area is 182 Å². The number of anilines is 2. The van der Waals surface area contributed by atoms with Gasteiger partial charge >= 0.3 is 0 Å². The van der Waals surface area contributed by atoms with Gasteiger partial charge in [0.1, 0.15) is 5.75 Å². The van der Waals surface area contributed by atoms with Gasteiger partial charge in [0.25, 0.3) is 5.91 Å². The van der Waals surface area contributed by atoms with Crippen molar-refractivity contribution in [3.05, 3.63) is 54.1 Å². The summed E-state index contributed by atoms with van der Waals surface area (Å²) < 4.78 is 5.64. The lowest BCUT2D eigenvalue weighted by atomic mass is 10.1. The molecule has 2 N–H and O–H groups in total. The van der Waals surface area contributed by atoms with Crippen molar-refractivity contribution in [2.75, 3.05) is 23.3 Å². The first-order valence-electron chi connectivity index (χ1n) is 10.6. The summed E-state index contributed by atoms with van der Waals surface area (Å²) >= 11 is 0. The minimum atomic E-state index is -0.495. The summed E-state index contributed by atoms with van der Waals surface area (Å²) in [5, 5.41) is 5.66. The zero-order valence-electron chi connectivity index (χ0n) is 18.2. The van der Waals surface area contributed by atoms with Gasteiger partial charge < -0.3 is 20.3 Å². The van der Waals surface area contributed by atoms with Gasteiger partial charge in [-0.3, -0.25) is 14.4 Å². The molecule has 31 heavy (non-hydrogen) atoms. The van der Waals surface area contributed by atoms with Crippen LogP contribution in [-0.4, -0.2) is 36.9 Å². The largest absolute Gasteiger partial charge is 0.491 e. The van der Waals surface area contributed by atoms with Gasteiger partial charge in [0.05, 0.1) is 23.3 Å². The number of carbonyl (C=O) groups excluding carboxylic acids is 3. The molecule has 0 bridgehead atoms. The minimum absolute atomic E-state index is 0.0688. The standard InChI is InChI=1S/C24H29N3O4/c1-4-13-25-24(30)20-7-5-6-8-21(20)26-23(29)17-14-22(28)27(15-17)18-9-11-19(12-10-18)31-16(2)3/h5-12,16-17H,4,13-15H2,1-3H3,(H,25,30)(H,26,29)/t17-/m1/s1. The fraction of sp³-hybridized carbons (Fsp3) is 0.375. The molecule has 0 radical (unpaired) electrons. The molecule has 7 nitrogen and oxygen atoms in total. The maximum absolute atomic E-state index is 12.9. The summed E-state index contributed by atoms with van der Waals surface area (Å²) in [6.45, 7) is 6.73. The summed E-state index contributed by atoms with van der Waals surface area (Å²) in [7, 11) is 0. The van der Waals surface area contributed by atoms with Crippen LogP contribution in [-0.2, 0) is 9.59 Å². The van der Waals surface area contributed by atoms with E-state index in [2.05, 4.69) is 10.6 Å². The number of amides is 3. The van der Waals surface area contributed by atoms with E-state index in [0.717, 1.165) is 17.9 Å². The van der Waals surface area contributed by atoms with Crippen LogP contribution >= 0.6 is 0 Å². The van der Waals surface area contributed by atoms with E-state index < -0.39 is 5.92 Å². The lowest BCUT2D eigenvalue weighted by Gasteiger charge is -2.18. The third-order valence-corrected chi connectivity index (χ3v) is 4.98. The van der Waals surface area contributed by atoms with Crippen LogP contribution in [0.25, 0.3) is 0 Å². The van der Waals surface area contributed by atoms with Crippen molar-refractivity contribution < 1.29 is 19.1 Å². The third kappa shape index (κ3) is 5.63. The molecule has 0 unspecified atom stereocenters. The van der Waals surface area contributed by atoms with Gasteiger partial charge in [-0.1, -0.05) is 19.1 Å². The van der Waals surface area contributed by atoms with E-state index in [-0.39, 0.29) is 30.2 Å². The maximum Gasteiger partial charge on any atom is 0.253 e. The highest BCUT2D eigenvalue weighted by molar-refractivity contribution is 6.07. The Balaban J connectivity index is 1.67. The van der Waals surface area contributed by atoms with Crippen LogP contribution in [0.15, 0.2) is 48.5 Å². The quantitative estimate of drug-likeness (QED) is 0.679. The molecule has 1 heterocycles. The first kappa shape index (κ1) is 22.3. The molecule has 3 amide bonds. The van der Waals surface area contributed by atoms with E-state index in [1.807, 2.05) is 45.0 Å². The van der Waals surface area contributed by atoms with Crippen LogP contribution in [0.4, 0.5) is 11.4 Å². The zero-order chi connectivity index (χ0) is 22.4. The normalized spacial score (nSPS) is 15.8. The second kappa shape index (κ2) is 10.1. The van der Waals surface area contributed by atoms with Gasteiger partial charge in [0.15, 0.2) is 0 Å². The Kier molecular flexibility index (Phi) is 7.28.